The van der Waals surface area contributed by atoms with E-state index in [0.29, 0.717) is 6.04 Å². The molecule has 1 nitrogen and oxygen atoms in total. The van der Waals surface area contributed by atoms with Crippen molar-refractivity contribution >= 4 is 11.8 Å². The van der Waals surface area contributed by atoms with E-state index in [1.807, 2.05) is 11.8 Å². The van der Waals surface area contributed by atoms with Crippen molar-refractivity contribution < 1.29 is 0 Å². The van der Waals surface area contributed by atoms with Gasteiger partial charge in [-0.25, -0.2) is 0 Å². The van der Waals surface area contributed by atoms with Crippen LogP contribution < -0.4 is 5.32 Å². The van der Waals surface area contributed by atoms with E-state index >= 15 is 0 Å². The lowest BCUT2D eigenvalue weighted by Crippen LogP contribution is -2.22. The lowest BCUT2D eigenvalue weighted by atomic mass is 10.1. The van der Waals surface area contributed by atoms with Crippen molar-refractivity contribution in [2.75, 3.05) is 0 Å². The van der Waals surface area contributed by atoms with Gasteiger partial charge in [0.2, 0.25) is 0 Å². The Morgan fingerprint density at radius 3 is 2.33 bits per heavy atom. The maximum Gasteiger partial charge on any atom is 0.0210 e. The predicted molar refractivity (Wildman–Crippen MR) is 93.2 cm³/mol. The van der Waals surface area contributed by atoms with E-state index in [1.165, 1.54) is 32.0 Å². The fourth-order valence-electron chi connectivity index (χ4n) is 2.29. The highest BCUT2D eigenvalue weighted by molar-refractivity contribution is 7.99. The average molecular weight is 299 g/mol. The molecule has 0 saturated heterocycles. The molecule has 0 spiro atoms. The highest BCUT2D eigenvalue weighted by Gasteiger charge is 2.05. The quantitative estimate of drug-likeness (QED) is 0.808. The van der Waals surface area contributed by atoms with Gasteiger partial charge in [0.1, 0.15) is 0 Å². The summed E-state index contributed by atoms with van der Waals surface area (Å²) in [5.74, 6) is 0. The molecule has 2 rings (SSSR count). The maximum atomic E-state index is 3.48. The van der Waals surface area contributed by atoms with Gasteiger partial charge in [-0.3, -0.25) is 0 Å². The summed E-state index contributed by atoms with van der Waals surface area (Å²) in [5, 5.41) is 3.48. The van der Waals surface area contributed by atoms with Crippen LogP contribution in [-0.4, -0.2) is 6.04 Å². The van der Waals surface area contributed by atoms with Crippen molar-refractivity contribution in [1.29, 1.82) is 0 Å². The molecule has 0 heterocycles. The summed E-state index contributed by atoms with van der Waals surface area (Å²) in [6.45, 7) is 11.8. The fraction of sp³-hybridized carbons (Fsp3) is 0.368. The Balaban J connectivity index is 2.12. The summed E-state index contributed by atoms with van der Waals surface area (Å²) in [7, 11) is 0. The second-order valence-electron chi connectivity index (χ2n) is 5.99. The van der Waals surface area contributed by atoms with Gasteiger partial charge in [0.15, 0.2) is 0 Å². The molecule has 0 saturated carbocycles. The molecular weight excluding hydrogens is 274 g/mol. The molecule has 1 N–H and O–H groups in total. The van der Waals surface area contributed by atoms with Gasteiger partial charge in [-0.1, -0.05) is 49.4 Å². The molecular formula is C19H25NS. The number of hydrogen-bond acceptors (Lipinski definition) is 2. The van der Waals surface area contributed by atoms with Gasteiger partial charge < -0.3 is 5.32 Å². The van der Waals surface area contributed by atoms with Crippen molar-refractivity contribution in [3.63, 3.8) is 0 Å². The number of rotatable bonds is 5. The van der Waals surface area contributed by atoms with Crippen LogP contribution in [0.25, 0.3) is 0 Å². The van der Waals surface area contributed by atoms with E-state index in [2.05, 4.69) is 76.3 Å². The predicted octanol–water partition coefficient (Wildman–Crippen LogP) is 5.26. The van der Waals surface area contributed by atoms with Crippen LogP contribution in [0.1, 0.15) is 36.1 Å². The van der Waals surface area contributed by atoms with E-state index in [-0.39, 0.29) is 0 Å². The Hall–Kier alpha value is -1.25. The molecule has 0 aliphatic rings. The summed E-state index contributed by atoms with van der Waals surface area (Å²) < 4.78 is 0. The van der Waals surface area contributed by atoms with Gasteiger partial charge in [0, 0.05) is 22.4 Å². The Morgan fingerprint density at radius 2 is 1.71 bits per heavy atom. The van der Waals surface area contributed by atoms with Gasteiger partial charge >= 0.3 is 0 Å². The Kier molecular flexibility index (Phi) is 5.49. The molecule has 0 fully saturated rings. The standard InChI is InChI=1S/C19H25NS/c1-13(2)20-12-17-7-8-18(11-15(17)4)21-19-9-6-14(3)10-16(19)5/h6-11,13,20H,12H2,1-5H3. The first-order valence-electron chi connectivity index (χ1n) is 7.53. The zero-order valence-electron chi connectivity index (χ0n) is 13.7. The molecule has 0 bridgehead atoms. The molecule has 2 aromatic rings. The minimum absolute atomic E-state index is 0.522. The van der Waals surface area contributed by atoms with Crippen LogP contribution in [0.3, 0.4) is 0 Å². The zero-order chi connectivity index (χ0) is 15.4. The highest BCUT2D eigenvalue weighted by atomic mass is 32.2. The van der Waals surface area contributed by atoms with Crippen molar-refractivity contribution in [3.05, 3.63) is 58.7 Å². The van der Waals surface area contributed by atoms with Crippen molar-refractivity contribution in [3.8, 4) is 0 Å². The molecule has 0 aliphatic heterocycles. The van der Waals surface area contributed by atoms with Crippen LogP contribution in [0.5, 0.6) is 0 Å². The van der Waals surface area contributed by atoms with E-state index < -0.39 is 0 Å². The van der Waals surface area contributed by atoms with Crippen LogP contribution in [0, 0.1) is 20.8 Å². The first-order chi connectivity index (χ1) is 9.95. The SMILES string of the molecule is Cc1ccc(Sc2ccc(CNC(C)C)c(C)c2)c(C)c1. The first kappa shape index (κ1) is 16.1. The van der Waals surface area contributed by atoms with E-state index in [1.54, 1.807) is 0 Å². The molecule has 0 aliphatic carbocycles. The van der Waals surface area contributed by atoms with E-state index in [4.69, 9.17) is 0 Å². The van der Waals surface area contributed by atoms with Crippen molar-refractivity contribution in [2.24, 2.45) is 0 Å². The van der Waals surface area contributed by atoms with Gasteiger partial charge in [0.25, 0.3) is 0 Å². The molecule has 0 amide bonds. The number of nitrogens with one attached hydrogen (secondary N) is 1. The second kappa shape index (κ2) is 7.15. The third kappa shape index (κ3) is 4.62. The lowest BCUT2D eigenvalue weighted by molar-refractivity contribution is 0.587. The summed E-state index contributed by atoms with van der Waals surface area (Å²) in [4.78, 5) is 2.65. The normalized spacial score (nSPS) is 11.1. The molecule has 0 radical (unpaired) electrons. The largest absolute Gasteiger partial charge is 0.310 e. The molecule has 21 heavy (non-hydrogen) atoms. The van der Waals surface area contributed by atoms with Crippen LogP contribution >= 0.6 is 11.8 Å². The summed E-state index contributed by atoms with van der Waals surface area (Å²) in [6, 6.07) is 13.9. The van der Waals surface area contributed by atoms with Crippen molar-refractivity contribution in [2.45, 2.75) is 57.0 Å². The van der Waals surface area contributed by atoms with Gasteiger partial charge in [-0.15, -0.1) is 0 Å². The van der Waals surface area contributed by atoms with Crippen LogP contribution in [-0.2, 0) is 6.54 Å². The van der Waals surface area contributed by atoms with Crippen molar-refractivity contribution in [1.82, 2.24) is 5.32 Å². The Morgan fingerprint density at radius 1 is 0.952 bits per heavy atom. The number of aryl methyl sites for hydroxylation is 3. The van der Waals surface area contributed by atoms with Crippen LogP contribution in [0.15, 0.2) is 46.2 Å². The monoisotopic (exact) mass is 299 g/mol. The summed E-state index contributed by atoms with van der Waals surface area (Å²) >= 11 is 1.85. The molecule has 0 atom stereocenters. The van der Waals surface area contributed by atoms with Crippen LogP contribution in [0.4, 0.5) is 0 Å². The van der Waals surface area contributed by atoms with E-state index in [0.717, 1.165) is 6.54 Å². The third-order valence-corrected chi connectivity index (χ3v) is 4.74. The highest BCUT2D eigenvalue weighted by Crippen LogP contribution is 2.31. The molecule has 0 aromatic heterocycles. The fourth-order valence-corrected chi connectivity index (χ4v) is 3.27. The maximum absolute atomic E-state index is 3.48. The van der Waals surface area contributed by atoms with Gasteiger partial charge in [-0.2, -0.15) is 0 Å². The molecule has 0 unspecified atom stereocenters. The Labute approximate surface area is 133 Å². The summed E-state index contributed by atoms with van der Waals surface area (Å²) in [5.41, 5.74) is 5.41. The smallest absolute Gasteiger partial charge is 0.0210 e. The zero-order valence-corrected chi connectivity index (χ0v) is 14.5. The molecule has 2 aromatic carbocycles. The third-order valence-electron chi connectivity index (χ3n) is 3.57. The van der Waals surface area contributed by atoms with Gasteiger partial charge in [0.05, 0.1) is 0 Å². The Bertz CT molecular complexity index is 617. The number of benzene rings is 2. The van der Waals surface area contributed by atoms with Gasteiger partial charge in [-0.05, 0) is 55.7 Å². The minimum atomic E-state index is 0.522. The molecule has 112 valence electrons. The number of hydrogen-bond donors (Lipinski definition) is 1. The second-order valence-corrected chi connectivity index (χ2v) is 7.11. The summed E-state index contributed by atoms with van der Waals surface area (Å²) in [6.07, 6.45) is 0. The average Bonchev–Trinajstić information content (AvgIpc) is 2.41. The molecule has 2 heteroatoms. The minimum Gasteiger partial charge on any atom is -0.310 e. The lowest BCUT2D eigenvalue weighted by Gasteiger charge is -2.12. The van der Waals surface area contributed by atoms with Crippen LogP contribution in [0.2, 0.25) is 0 Å². The van der Waals surface area contributed by atoms with E-state index in [9.17, 15) is 0 Å². The first-order valence-corrected chi connectivity index (χ1v) is 8.35. The topological polar surface area (TPSA) is 12.0 Å².